The number of nitrogens with one attached hydrogen (secondary N) is 2. The number of hydrogen-bond acceptors (Lipinski definition) is 3. The number of aliphatic imine (C=N–C) groups is 1. The van der Waals surface area contributed by atoms with Gasteiger partial charge in [0.15, 0.2) is 5.96 Å². The van der Waals surface area contributed by atoms with Gasteiger partial charge < -0.3 is 15.5 Å². The Balaban J connectivity index is 1.40. The smallest absolute Gasteiger partial charge is 0.191 e. The molecule has 1 aromatic rings. The summed E-state index contributed by atoms with van der Waals surface area (Å²) in [5, 5.41) is 6.99. The molecule has 0 aromatic heterocycles. The molecule has 25 heavy (non-hydrogen) atoms. The monoisotopic (exact) mass is 341 g/mol. The van der Waals surface area contributed by atoms with E-state index in [1.807, 2.05) is 7.05 Å². The van der Waals surface area contributed by atoms with E-state index in [0.717, 1.165) is 51.5 Å². The van der Waals surface area contributed by atoms with E-state index in [1.165, 1.54) is 5.69 Å². The van der Waals surface area contributed by atoms with Crippen molar-refractivity contribution in [1.82, 2.24) is 15.5 Å². The zero-order valence-corrected chi connectivity index (χ0v) is 15.5. The number of guanidine groups is 1. The lowest BCUT2D eigenvalue weighted by atomic mass is 10.2. The minimum atomic E-state index is 0.496. The molecule has 0 saturated carbocycles. The summed E-state index contributed by atoms with van der Waals surface area (Å²) in [6.45, 7) is 7.62. The molecule has 3 rings (SSSR count). The van der Waals surface area contributed by atoms with Crippen molar-refractivity contribution in [2.75, 3.05) is 44.7 Å². The van der Waals surface area contributed by atoms with Crippen molar-refractivity contribution in [3.05, 3.63) is 42.5 Å². The first kappa shape index (κ1) is 17.8. The first-order valence-corrected chi connectivity index (χ1v) is 9.42. The Morgan fingerprint density at radius 3 is 2.44 bits per heavy atom. The zero-order chi connectivity index (χ0) is 17.5. The third kappa shape index (κ3) is 4.98. The SMILES string of the molecule is CN=C(NCC(C)N1CCN(c2ccccc2)CC1)NC1CC=CC1. The number of rotatable bonds is 5. The van der Waals surface area contributed by atoms with Crippen LogP contribution in [0.1, 0.15) is 19.8 Å². The van der Waals surface area contributed by atoms with E-state index in [-0.39, 0.29) is 0 Å². The fourth-order valence-corrected chi connectivity index (χ4v) is 3.56. The Bertz CT molecular complexity index is 567. The predicted octanol–water partition coefficient (Wildman–Crippen LogP) is 2.08. The number of hydrogen-bond donors (Lipinski definition) is 2. The highest BCUT2D eigenvalue weighted by Gasteiger charge is 2.21. The maximum atomic E-state index is 4.36. The van der Waals surface area contributed by atoms with Crippen LogP contribution in [0.2, 0.25) is 0 Å². The molecule has 0 radical (unpaired) electrons. The fraction of sp³-hybridized carbons (Fsp3) is 0.550. The Hall–Kier alpha value is -2.01. The maximum absolute atomic E-state index is 4.36. The fourth-order valence-electron chi connectivity index (χ4n) is 3.56. The second kappa shape index (κ2) is 8.90. The standard InChI is InChI=1S/C20H31N5/c1-17(16-22-20(21-2)23-18-8-6-7-9-18)24-12-14-25(15-13-24)19-10-4-3-5-11-19/h3-7,10-11,17-18H,8-9,12-16H2,1-2H3,(H2,21,22,23). The summed E-state index contributed by atoms with van der Waals surface area (Å²) >= 11 is 0. The van der Waals surface area contributed by atoms with Gasteiger partial charge in [-0.2, -0.15) is 0 Å². The first-order chi connectivity index (χ1) is 12.3. The molecule has 0 bridgehead atoms. The van der Waals surface area contributed by atoms with Crippen molar-refractivity contribution >= 4 is 11.6 Å². The molecule has 1 saturated heterocycles. The van der Waals surface area contributed by atoms with Crippen molar-refractivity contribution in [2.45, 2.75) is 31.8 Å². The molecular weight excluding hydrogens is 310 g/mol. The third-order valence-electron chi connectivity index (χ3n) is 5.20. The molecule has 1 heterocycles. The lowest BCUT2D eigenvalue weighted by Crippen LogP contribution is -2.53. The summed E-state index contributed by atoms with van der Waals surface area (Å²) < 4.78 is 0. The van der Waals surface area contributed by atoms with Crippen LogP contribution in [0.4, 0.5) is 5.69 Å². The highest BCUT2D eigenvalue weighted by Crippen LogP contribution is 2.16. The number of benzene rings is 1. The molecule has 1 aliphatic carbocycles. The van der Waals surface area contributed by atoms with Gasteiger partial charge in [0.05, 0.1) is 0 Å². The topological polar surface area (TPSA) is 42.9 Å². The van der Waals surface area contributed by atoms with Crippen LogP contribution < -0.4 is 15.5 Å². The zero-order valence-electron chi connectivity index (χ0n) is 15.5. The van der Waals surface area contributed by atoms with Crippen LogP contribution >= 0.6 is 0 Å². The highest BCUT2D eigenvalue weighted by atomic mass is 15.3. The molecule has 5 nitrogen and oxygen atoms in total. The number of piperazine rings is 1. The van der Waals surface area contributed by atoms with Gasteiger partial charge in [0.2, 0.25) is 0 Å². The van der Waals surface area contributed by atoms with Gasteiger partial charge in [-0.1, -0.05) is 30.4 Å². The van der Waals surface area contributed by atoms with Crippen molar-refractivity contribution in [1.29, 1.82) is 0 Å². The van der Waals surface area contributed by atoms with Gasteiger partial charge in [-0.15, -0.1) is 0 Å². The van der Waals surface area contributed by atoms with Crippen molar-refractivity contribution in [3.8, 4) is 0 Å². The molecule has 136 valence electrons. The highest BCUT2D eigenvalue weighted by molar-refractivity contribution is 5.80. The summed E-state index contributed by atoms with van der Waals surface area (Å²) in [4.78, 5) is 9.40. The third-order valence-corrected chi connectivity index (χ3v) is 5.20. The lowest BCUT2D eigenvalue weighted by molar-refractivity contribution is 0.197. The Labute approximate surface area is 151 Å². The second-order valence-electron chi connectivity index (χ2n) is 6.94. The summed E-state index contributed by atoms with van der Waals surface area (Å²) in [7, 11) is 1.85. The van der Waals surface area contributed by atoms with Crippen LogP contribution in [-0.4, -0.2) is 62.7 Å². The molecule has 1 fully saturated rings. The van der Waals surface area contributed by atoms with Crippen LogP contribution in [0.25, 0.3) is 0 Å². The van der Waals surface area contributed by atoms with E-state index in [1.54, 1.807) is 0 Å². The summed E-state index contributed by atoms with van der Waals surface area (Å²) in [5.41, 5.74) is 1.34. The number of para-hydroxylation sites is 1. The molecular formula is C20H31N5. The largest absolute Gasteiger partial charge is 0.369 e. The van der Waals surface area contributed by atoms with E-state index in [9.17, 15) is 0 Å². The molecule has 0 amide bonds. The number of anilines is 1. The Morgan fingerprint density at radius 2 is 1.80 bits per heavy atom. The molecule has 2 aliphatic rings. The number of nitrogens with zero attached hydrogens (tertiary/aromatic N) is 3. The van der Waals surface area contributed by atoms with E-state index in [2.05, 4.69) is 74.8 Å². The van der Waals surface area contributed by atoms with Crippen molar-refractivity contribution in [3.63, 3.8) is 0 Å². The molecule has 1 atom stereocenters. The minimum absolute atomic E-state index is 0.496. The minimum Gasteiger partial charge on any atom is -0.369 e. The average molecular weight is 342 g/mol. The van der Waals surface area contributed by atoms with Gasteiger partial charge in [-0.05, 0) is 31.9 Å². The summed E-state index contributed by atoms with van der Waals surface area (Å²) in [6, 6.07) is 11.7. The van der Waals surface area contributed by atoms with Gasteiger partial charge >= 0.3 is 0 Å². The summed E-state index contributed by atoms with van der Waals surface area (Å²) in [6.07, 6.45) is 6.66. The van der Waals surface area contributed by atoms with Gasteiger partial charge in [0, 0.05) is 57.5 Å². The second-order valence-corrected chi connectivity index (χ2v) is 6.94. The van der Waals surface area contributed by atoms with Gasteiger partial charge in [-0.25, -0.2) is 0 Å². The molecule has 1 aliphatic heterocycles. The molecule has 1 aromatic carbocycles. The van der Waals surface area contributed by atoms with Crippen LogP contribution in [-0.2, 0) is 0 Å². The van der Waals surface area contributed by atoms with E-state index in [4.69, 9.17) is 0 Å². The average Bonchev–Trinajstić information content (AvgIpc) is 3.19. The summed E-state index contributed by atoms with van der Waals surface area (Å²) in [5.74, 6) is 0.920. The van der Waals surface area contributed by atoms with Gasteiger partial charge in [-0.3, -0.25) is 9.89 Å². The molecule has 0 spiro atoms. The molecule has 5 heteroatoms. The van der Waals surface area contributed by atoms with E-state index in [0.29, 0.717) is 12.1 Å². The Kier molecular flexibility index (Phi) is 6.34. The lowest BCUT2D eigenvalue weighted by Gasteiger charge is -2.39. The van der Waals surface area contributed by atoms with Crippen LogP contribution in [0.3, 0.4) is 0 Å². The molecule has 1 unspecified atom stereocenters. The van der Waals surface area contributed by atoms with Crippen molar-refractivity contribution in [2.24, 2.45) is 4.99 Å². The van der Waals surface area contributed by atoms with Gasteiger partial charge in [0.25, 0.3) is 0 Å². The van der Waals surface area contributed by atoms with Crippen LogP contribution in [0, 0.1) is 0 Å². The van der Waals surface area contributed by atoms with Crippen LogP contribution in [0.5, 0.6) is 0 Å². The van der Waals surface area contributed by atoms with E-state index >= 15 is 0 Å². The van der Waals surface area contributed by atoms with Gasteiger partial charge in [0.1, 0.15) is 0 Å². The maximum Gasteiger partial charge on any atom is 0.191 e. The van der Waals surface area contributed by atoms with E-state index < -0.39 is 0 Å². The molecule has 2 N–H and O–H groups in total. The first-order valence-electron chi connectivity index (χ1n) is 9.42. The normalized spacial score (nSPS) is 20.7. The Morgan fingerprint density at radius 1 is 1.12 bits per heavy atom. The van der Waals surface area contributed by atoms with Crippen LogP contribution in [0.15, 0.2) is 47.5 Å². The van der Waals surface area contributed by atoms with Crippen molar-refractivity contribution < 1.29 is 0 Å². The quantitative estimate of drug-likeness (QED) is 0.489. The predicted molar refractivity (Wildman–Crippen MR) is 106 cm³/mol.